The lowest BCUT2D eigenvalue weighted by molar-refractivity contribution is 0.122. The summed E-state index contributed by atoms with van der Waals surface area (Å²) in [6, 6.07) is 8.40. The first-order valence-corrected chi connectivity index (χ1v) is 11.1. The molecule has 5 rings (SSSR count). The predicted octanol–water partition coefficient (Wildman–Crippen LogP) is 2.57. The zero-order valence-corrected chi connectivity index (χ0v) is 17.6. The predicted molar refractivity (Wildman–Crippen MR) is 116 cm³/mol. The Kier molecular flexibility index (Phi) is 5.61. The summed E-state index contributed by atoms with van der Waals surface area (Å²) in [5.74, 6) is 0.916. The highest BCUT2D eigenvalue weighted by Crippen LogP contribution is 2.39. The van der Waals surface area contributed by atoms with Crippen LogP contribution in [0.25, 0.3) is 10.2 Å². The molecular weight excluding hydrogens is 408 g/mol. The molecule has 3 aromatic heterocycles. The topological polar surface area (TPSA) is 66.4 Å². The number of hydrogen-bond acceptors (Lipinski definition) is 8. The van der Waals surface area contributed by atoms with Gasteiger partial charge in [-0.05, 0) is 29.8 Å². The summed E-state index contributed by atoms with van der Waals surface area (Å²) in [5, 5.41) is 3.73. The molecule has 1 atom stereocenters. The number of fused-ring (bicyclic) bond motifs is 1. The molecule has 0 radical (unpaired) electrons. The van der Waals surface area contributed by atoms with E-state index < -0.39 is 0 Å². The fourth-order valence-electron chi connectivity index (χ4n) is 4.02. The van der Waals surface area contributed by atoms with E-state index in [1.165, 1.54) is 4.88 Å². The number of thiophene rings is 1. The van der Waals surface area contributed by atoms with Gasteiger partial charge in [0.1, 0.15) is 0 Å². The summed E-state index contributed by atoms with van der Waals surface area (Å²) in [5.41, 5.74) is 1.97. The molecule has 5 heterocycles. The largest absolute Gasteiger partial charge is 0.378 e. The first kappa shape index (κ1) is 19.1. The van der Waals surface area contributed by atoms with Crippen LogP contribution in [0.1, 0.15) is 16.6 Å². The molecule has 0 aromatic carbocycles. The van der Waals surface area contributed by atoms with Gasteiger partial charge in [0, 0.05) is 50.3 Å². The molecule has 3 aromatic rings. The zero-order valence-electron chi connectivity index (χ0n) is 16.1. The van der Waals surface area contributed by atoms with Gasteiger partial charge in [0.2, 0.25) is 5.28 Å². The number of ether oxygens (including phenoxy) is 1. The molecule has 2 aliphatic heterocycles. The Morgan fingerprint density at radius 3 is 2.69 bits per heavy atom. The second-order valence-electron chi connectivity index (χ2n) is 7.22. The quantitative estimate of drug-likeness (QED) is 0.638. The Hall–Kier alpha value is -1.84. The Labute approximate surface area is 178 Å². The van der Waals surface area contributed by atoms with E-state index in [-0.39, 0.29) is 6.04 Å². The number of hydrogen-bond donors (Lipinski definition) is 1. The monoisotopic (exact) mass is 430 g/mol. The Morgan fingerprint density at radius 2 is 1.93 bits per heavy atom. The number of nitrogens with one attached hydrogen (secondary N) is 1. The molecule has 152 valence electrons. The van der Waals surface area contributed by atoms with Crippen LogP contribution in [-0.2, 0) is 4.74 Å². The molecule has 1 unspecified atom stereocenters. The third kappa shape index (κ3) is 3.95. The smallest absolute Gasteiger partial charge is 0.224 e. The number of pyridine rings is 1. The van der Waals surface area contributed by atoms with E-state index in [4.69, 9.17) is 16.3 Å². The van der Waals surface area contributed by atoms with Crippen molar-refractivity contribution in [2.75, 3.05) is 57.4 Å². The highest BCUT2D eigenvalue weighted by Gasteiger charge is 2.28. The molecule has 7 nitrogen and oxygen atoms in total. The molecule has 0 saturated carbocycles. The number of anilines is 1. The SMILES string of the molecule is Clc1nc(N2CCOCC2)c2sc(C(c3ccccn3)N3CCNCC3)cc2n1. The third-order valence-corrected chi connectivity index (χ3v) is 6.75. The third-order valence-electron chi connectivity index (χ3n) is 5.41. The van der Waals surface area contributed by atoms with E-state index >= 15 is 0 Å². The molecule has 29 heavy (non-hydrogen) atoms. The number of rotatable bonds is 4. The fraction of sp³-hybridized carbons (Fsp3) is 0.450. The molecule has 2 aliphatic rings. The Bertz CT molecular complexity index is 972. The molecule has 0 amide bonds. The van der Waals surface area contributed by atoms with Crippen molar-refractivity contribution in [1.29, 1.82) is 0 Å². The van der Waals surface area contributed by atoms with Gasteiger partial charge >= 0.3 is 0 Å². The van der Waals surface area contributed by atoms with Crippen molar-refractivity contribution in [3.05, 3.63) is 46.3 Å². The van der Waals surface area contributed by atoms with Crippen molar-refractivity contribution in [3.8, 4) is 0 Å². The van der Waals surface area contributed by atoms with Crippen LogP contribution in [-0.4, -0.2) is 72.3 Å². The number of nitrogens with zero attached hydrogens (tertiary/aromatic N) is 5. The van der Waals surface area contributed by atoms with Crippen molar-refractivity contribution >= 4 is 39.0 Å². The summed E-state index contributed by atoms with van der Waals surface area (Å²) < 4.78 is 6.59. The maximum Gasteiger partial charge on any atom is 0.224 e. The molecule has 2 saturated heterocycles. The van der Waals surface area contributed by atoms with Crippen LogP contribution in [0.3, 0.4) is 0 Å². The van der Waals surface area contributed by atoms with E-state index in [1.807, 2.05) is 12.3 Å². The number of piperazine rings is 1. The van der Waals surface area contributed by atoms with Crippen LogP contribution in [0, 0.1) is 0 Å². The van der Waals surface area contributed by atoms with E-state index in [1.54, 1.807) is 11.3 Å². The second-order valence-corrected chi connectivity index (χ2v) is 8.64. The molecule has 0 spiro atoms. The summed E-state index contributed by atoms with van der Waals surface area (Å²) in [7, 11) is 0. The van der Waals surface area contributed by atoms with Crippen LogP contribution < -0.4 is 10.2 Å². The van der Waals surface area contributed by atoms with Gasteiger partial charge in [0.05, 0.1) is 35.2 Å². The van der Waals surface area contributed by atoms with Crippen LogP contribution in [0.4, 0.5) is 5.82 Å². The average Bonchev–Trinajstić information content (AvgIpc) is 3.18. The summed E-state index contributed by atoms with van der Waals surface area (Å²) in [4.78, 5) is 19.8. The highest BCUT2D eigenvalue weighted by molar-refractivity contribution is 7.19. The van der Waals surface area contributed by atoms with Gasteiger partial charge in [-0.25, -0.2) is 4.98 Å². The van der Waals surface area contributed by atoms with Gasteiger partial charge < -0.3 is 15.0 Å². The fourth-order valence-corrected chi connectivity index (χ4v) is 5.45. The summed E-state index contributed by atoms with van der Waals surface area (Å²) in [6.45, 7) is 6.99. The molecule has 0 bridgehead atoms. The van der Waals surface area contributed by atoms with Gasteiger partial charge in [0.25, 0.3) is 0 Å². The molecule has 0 aliphatic carbocycles. The van der Waals surface area contributed by atoms with E-state index in [0.717, 1.165) is 61.0 Å². The van der Waals surface area contributed by atoms with Crippen LogP contribution in [0.2, 0.25) is 5.28 Å². The zero-order chi connectivity index (χ0) is 19.6. The van der Waals surface area contributed by atoms with Gasteiger partial charge in [-0.3, -0.25) is 9.88 Å². The van der Waals surface area contributed by atoms with Crippen LogP contribution in [0.15, 0.2) is 30.5 Å². The molecular formula is C20H23ClN6OS. The normalized spacial score (nSPS) is 19.6. The Morgan fingerprint density at radius 1 is 1.10 bits per heavy atom. The average molecular weight is 431 g/mol. The molecule has 1 N–H and O–H groups in total. The number of morpholine rings is 1. The molecule has 2 fully saturated rings. The van der Waals surface area contributed by atoms with Crippen molar-refractivity contribution in [3.63, 3.8) is 0 Å². The number of aromatic nitrogens is 3. The van der Waals surface area contributed by atoms with Crippen molar-refractivity contribution in [1.82, 2.24) is 25.2 Å². The second kappa shape index (κ2) is 8.49. The maximum absolute atomic E-state index is 6.29. The minimum atomic E-state index is 0.105. The molecule has 9 heteroatoms. The highest BCUT2D eigenvalue weighted by atomic mass is 35.5. The van der Waals surface area contributed by atoms with Gasteiger partial charge in [-0.15, -0.1) is 11.3 Å². The summed E-state index contributed by atoms with van der Waals surface area (Å²) in [6.07, 6.45) is 1.87. The minimum Gasteiger partial charge on any atom is -0.378 e. The van der Waals surface area contributed by atoms with E-state index in [9.17, 15) is 0 Å². The number of halogens is 1. The first-order valence-electron chi connectivity index (χ1n) is 9.95. The summed E-state index contributed by atoms with van der Waals surface area (Å²) >= 11 is 8.05. The van der Waals surface area contributed by atoms with Gasteiger partial charge in [-0.1, -0.05) is 6.07 Å². The lowest BCUT2D eigenvalue weighted by Gasteiger charge is -2.34. The minimum absolute atomic E-state index is 0.105. The standard InChI is InChI=1S/C20H23ClN6OS/c21-20-24-15-13-16(29-18(15)19(25-20)27-9-11-28-12-10-27)17(14-3-1-2-4-23-14)26-7-5-22-6-8-26/h1-4,13,17,22H,5-12H2. The maximum atomic E-state index is 6.29. The first-order chi connectivity index (χ1) is 14.3. The lowest BCUT2D eigenvalue weighted by Crippen LogP contribution is -2.45. The van der Waals surface area contributed by atoms with Crippen LogP contribution in [0.5, 0.6) is 0 Å². The van der Waals surface area contributed by atoms with Crippen LogP contribution >= 0.6 is 22.9 Å². The van der Waals surface area contributed by atoms with Gasteiger partial charge in [-0.2, -0.15) is 4.98 Å². The van der Waals surface area contributed by atoms with Gasteiger partial charge in [0.15, 0.2) is 5.82 Å². The van der Waals surface area contributed by atoms with Crippen molar-refractivity contribution in [2.45, 2.75) is 6.04 Å². The van der Waals surface area contributed by atoms with E-state index in [0.29, 0.717) is 18.5 Å². The Balaban J connectivity index is 1.60. The van der Waals surface area contributed by atoms with Crippen molar-refractivity contribution < 1.29 is 4.74 Å². The van der Waals surface area contributed by atoms with E-state index in [2.05, 4.69) is 48.3 Å². The van der Waals surface area contributed by atoms with Crippen molar-refractivity contribution in [2.24, 2.45) is 0 Å². The lowest BCUT2D eigenvalue weighted by atomic mass is 10.1.